The third-order valence-corrected chi connectivity index (χ3v) is 4.79. The maximum absolute atomic E-state index is 11.8. The number of amides is 1. The smallest absolute Gasteiger partial charge is 0.243 e. The molecule has 1 aliphatic rings. The number of aryl methyl sites for hydroxylation is 1. The molecular formula is C20H32N4O. The van der Waals surface area contributed by atoms with Gasteiger partial charge in [-0.15, -0.1) is 0 Å². The summed E-state index contributed by atoms with van der Waals surface area (Å²) in [6.45, 7) is 5.27. The van der Waals surface area contributed by atoms with Crippen LogP contribution in [0.4, 0.5) is 0 Å². The molecule has 1 atom stereocenters. The van der Waals surface area contributed by atoms with Crippen molar-refractivity contribution in [3.63, 3.8) is 0 Å². The van der Waals surface area contributed by atoms with Crippen molar-refractivity contribution in [3.8, 4) is 0 Å². The molecule has 1 unspecified atom stereocenters. The van der Waals surface area contributed by atoms with E-state index in [-0.39, 0.29) is 12.5 Å². The summed E-state index contributed by atoms with van der Waals surface area (Å²) in [6, 6.07) is 9.12. The van der Waals surface area contributed by atoms with Crippen LogP contribution in [-0.4, -0.2) is 50.0 Å². The molecule has 1 aromatic rings. The number of hydrogen-bond acceptors (Lipinski definition) is 2. The van der Waals surface area contributed by atoms with Crippen molar-refractivity contribution in [1.29, 1.82) is 0 Å². The number of hydrogen-bond donors (Lipinski definition) is 2. The van der Waals surface area contributed by atoms with Gasteiger partial charge in [0.2, 0.25) is 5.91 Å². The van der Waals surface area contributed by atoms with Crippen molar-refractivity contribution >= 4 is 11.9 Å². The number of rotatable bonds is 6. The van der Waals surface area contributed by atoms with Crippen molar-refractivity contribution in [1.82, 2.24) is 15.5 Å². The first-order chi connectivity index (χ1) is 12.0. The molecule has 2 N–H and O–H groups in total. The molecule has 1 aromatic carbocycles. The van der Waals surface area contributed by atoms with Crippen LogP contribution >= 0.6 is 0 Å². The lowest BCUT2D eigenvalue weighted by atomic mass is 10.0. The average molecular weight is 345 g/mol. The maximum Gasteiger partial charge on any atom is 0.243 e. The molecule has 5 heteroatoms. The molecule has 1 aliphatic carbocycles. The Bertz CT molecular complexity index is 574. The van der Waals surface area contributed by atoms with Gasteiger partial charge in [-0.1, -0.05) is 49.6 Å². The molecule has 1 saturated carbocycles. The van der Waals surface area contributed by atoms with Crippen molar-refractivity contribution in [3.05, 3.63) is 35.4 Å². The molecule has 0 aliphatic heterocycles. The van der Waals surface area contributed by atoms with Gasteiger partial charge in [0.1, 0.15) is 6.54 Å². The highest BCUT2D eigenvalue weighted by molar-refractivity contribution is 5.85. The SMILES string of the molecule is Cc1ccc(C(C)CNC(=NCC(=O)N(C)C)NC2CCCC2)cc1. The van der Waals surface area contributed by atoms with E-state index in [0.29, 0.717) is 12.0 Å². The molecule has 1 fully saturated rings. The molecule has 25 heavy (non-hydrogen) atoms. The Balaban J connectivity index is 1.95. The number of guanidine groups is 1. The van der Waals surface area contributed by atoms with Gasteiger partial charge in [-0.25, -0.2) is 4.99 Å². The van der Waals surface area contributed by atoms with Crippen LogP contribution < -0.4 is 10.6 Å². The molecule has 1 amide bonds. The zero-order valence-electron chi connectivity index (χ0n) is 16.0. The van der Waals surface area contributed by atoms with Gasteiger partial charge in [0.25, 0.3) is 0 Å². The lowest BCUT2D eigenvalue weighted by Crippen LogP contribution is -2.44. The zero-order chi connectivity index (χ0) is 18.2. The van der Waals surface area contributed by atoms with Crippen molar-refractivity contribution < 1.29 is 4.79 Å². The molecular weight excluding hydrogens is 312 g/mol. The molecule has 0 spiro atoms. The van der Waals surface area contributed by atoms with Crippen LogP contribution in [0.25, 0.3) is 0 Å². The van der Waals surface area contributed by atoms with Gasteiger partial charge >= 0.3 is 0 Å². The average Bonchev–Trinajstić information content (AvgIpc) is 3.10. The molecule has 0 heterocycles. The van der Waals surface area contributed by atoms with Gasteiger partial charge in [0.15, 0.2) is 5.96 Å². The molecule has 0 saturated heterocycles. The summed E-state index contributed by atoms with van der Waals surface area (Å²) in [5.41, 5.74) is 2.58. The Morgan fingerprint density at radius 1 is 1.24 bits per heavy atom. The Kier molecular flexibility index (Phi) is 7.29. The first-order valence-electron chi connectivity index (χ1n) is 9.27. The quantitative estimate of drug-likeness (QED) is 0.616. The number of likely N-dealkylation sites (N-methyl/N-ethyl adjacent to an activating group) is 1. The second-order valence-electron chi connectivity index (χ2n) is 7.27. The minimum Gasteiger partial charge on any atom is -0.356 e. The highest BCUT2D eigenvalue weighted by Crippen LogP contribution is 2.18. The van der Waals surface area contributed by atoms with E-state index in [4.69, 9.17) is 0 Å². The molecule has 0 aromatic heterocycles. The number of carbonyl (C=O) groups is 1. The van der Waals surface area contributed by atoms with Crippen LogP contribution in [0.15, 0.2) is 29.3 Å². The molecule has 0 bridgehead atoms. The number of aliphatic imine (C=N–C) groups is 1. The minimum absolute atomic E-state index is 0.0131. The van der Waals surface area contributed by atoms with Crippen LogP contribution in [0, 0.1) is 6.92 Å². The summed E-state index contributed by atoms with van der Waals surface area (Å²) in [7, 11) is 3.52. The minimum atomic E-state index is 0.0131. The number of benzene rings is 1. The number of nitrogens with one attached hydrogen (secondary N) is 2. The Labute approximate surface area is 151 Å². The molecule has 0 radical (unpaired) electrons. The van der Waals surface area contributed by atoms with E-state index >= 15 is 0 Å². The second-order valence-corrected chi connectivity index (χ2v) is 7.27. The zero-order valence-corrected chi connectivity index (χ0v) is 16.0. The van der Waals surface area contributed by atoms with Crippen LogP contribution in [0.2, 0.25) is 0 Å². The third kappa shape index (κ3) is 6.40. The van der Waals surface area contributed by atoms with Gasteiger partial charge < -0.3 is 15.5 Å². The Hall–Kier alpha value is -2.04. The van der Waals surface area contributed by atoms with E-state index in [2.05, 4.69) is 53.7 Å². The standard InChI is InChI=1S/C20H32N4O/c1-15-9-11-17(12-10-15)16(2)13-21-20(22-14-19(25)24(3)4)23-18-7-5-6-8-18/h9-12,16,18H,5-8,13-14H2,1-4H3,(H2,21,22,23). The van der Waals surface area contributed by atoms with Gasteiger partial charge in [-0.2, -0.15) is 0 Å². The Morgan fingerprint density at radius 2 is 1.88 bits per heavy atom. The molecule has 5 nitrogen and oxygen atoms in total. The predicted molar refractivity (Wildman–Crippen MR) is 104 cm³/mol. The van der Waals surface area contributed by atoms with Crippen LogP contribution in [0.5, 0.6) is 0 Å². The van der Waals surface area contributed by atoms with Gasteiger partial charge in [0, 0.05) is 26.7 Å². The lowest BCUT2D eigenvalue weighted by molar-refractivity contribution is -0.127. The van der Waals surface area contributed by atoms with Crippen molar-refractivity contribution in [2.45, 2.75) is 51.5 Å². The van der Waals surface area contributed by atoms with Gasteiger partial charge in [-0.05, 0) is 31.2 Å². The lowest BCUT2D eigenvalue weighted by Gasteiger charge is -2.20. The summed E-state index contributed by atoms with van der Waals surface area (Å²) in [4.78, 5) is 17.9. The van der Waals surface area contributed by atoms with Crippen molar-refractivity contribution in [2.24, 2.45) is 4.99 Å². The highest BCUT2D eigenvalue weighted by Gasteiger charge is 2.17. The fourth-order valence-electron chi connectivity index (χ4n) is 2.97. The first kappa shape index (κ1) is 19.3. The summed E-state index contributed by atoms with van der Waals surface area (Å²) < 4.78 is 0. The maximum atomic E-state index is 11.8. The van der Waals surface area contributed by atoms with Crippen LogP contribution in [0.3, 0.4) is 0 Å². The normalized spacial score (nSPS) is 16.6. The number of nitrogens with zero attached hydrogens (tertiary/aromatic N) is 2. The van der Waals surface area contributed by atoms with E-state index in [1.54, 1.807) is 19.0 Å². The van der Waals surface area contributed by atoms with Crippen LogP contribution in [-0.2, 0) is 4.79 Å². The topological polar surface area (TPSA) is 56.7 Å². The van der Waals surface area contributed by atoms with Gasteiger partial charge in [-0.3, -0.25) is 4.79 Å². The summed E-state index contributed by atoms with van der Waals surface area (Å²) in [5, 5.41) is 6.92. The number of carbonyl (C=O) groups excluding carboxylic acids is 1. The molecule has 2 rings (SSSR count). The fraction of sp³-hybridized carbons (Fsp3) is 0.600. The van der Waals surface area contributed by atoms with Gasteiger partial charge in [0.05, 0.1) is 0 Å². The van der Waals surface area contributed by atoms with E-state index in [1.807, 2.05) is 0 Å². The second kappa shape index (κ2) is 9.44. The highest BCUT2D eigenvalue weighted by atomic mass is 16.2. The summed E-state index contributed by atoms with van der Waals surface area (Å²) in [6.07, 6.45) is 4.88. The van der Waals surface area contributed by atoms with Crippen molar-refractivity contribution in [2.75, 3.05) is 27.2 Å². The summed E-state index contributed by atoms with van der Waals surface area (Å²) >= 11 is 0. The van der Waals surface area contributed by atoms with E-state index < -0.39 is 0 Å². The first-order valence-corrected chi connectivity index (χ1v) is 9.27. The third-order valence-electron chi connectivity index (χ3n) is 4.79. The fourth-order valence-corrected chi connectivity index (χ4v) is 2.97. The monoisotopic (exact) mass is 344 g/mol. The Morgan fingerprint density at radius 3 is 2.48 bits per heavy atom. The summed E-state index contributed by atoms with van der Waals surface area (Å²) in [5.74, 6) is 1.14. The van der Waals surface area contributed by atoms with Crippen LogP contribution in [0.1, 0.15) is 49.7 Å². The van der Waals surface area contributed by atoms with E-state index in [1.165, 1.54) is 36.8 Å². The molecule has 138 valence electrons. The predicted octanol–water partition coefficient (Wildman–Crippen LogP) is 2.66. The van der Waals surface area contributed by atoms with E-state index in [0.717, 1.165) is 12.5 Å². The largest absolute Gasteiger partial charge is 0.356 e. The van der Waals surface area contributed by atoms with E-state index in [9.17, 15) is 4.79 Å².